The fourth-order valence-electron chi connectivity index (χ4n) is 2.71. The van der Waals surface area contributed by atoms with E-state index in [-0.39, 0.29) is 5.56 Å². The maximum Gasteiger partial charge on any atom is 0.256 e. The van der Waals surface area contributed by atoms with Crippen molar-refractivity contribution in [2.24, 2.45) is 0 Å². The molecule has 0 unspecified atom stereocenters. The quantitative estimate of drug-likeness (QED) is 0.905. The monoisotopic (exact) mass is 363 g/mol. The van der Waals surface area contributed by atoms with Crippen molar-refractivity contribution in [3.8, 4) is 0 Å². The van der Waals surface area contributed by atoms with E-state index in [4.69, 9.17) is 0 Å². The summed E-state index contributed by atoms with van der Waals surface area (Å²) >= 11 is 0. The molecular formula is C17H18FN3O3S. The Labute approximate surface area is 145 Å². The van der Waals surface area contributed by atoms with Crippen LogP contribution in [0.3, 0.4) is 0 Å². The zero-order valence-corrected chi connectivity index (χ0v) is 14.5. The highest BCUT2D eigenvalue weighted by molar-refractivity contribution is 7.89. The molecule has 0 spiro atoms. The third-order valence-corrected chi connectivity index (χ3v) is 5.92. The Morgan fingerprint density at radius 2 is 1.92 bits per heavy atom. The number of benzene rings is 1. The smallest absolute Gasteiger partial charge is 0.256 e. The van der Waals surface area contributed by atoms with Gasteiger partial charge in [-0.05, 0) is 50.1 Å². The van der Waals surface area contributed by atoms with Crippen molar-refractivity contribution in [2.75, 3.05) is 18.4 Å². The Morgan fingerprint density at radius 1 is 1.20 bits per heavy atom. The first-order chi connectivity index (χ1) is 11.9. The van der Waals surface area contributed by atoms with Crippen LogP contribution < -0.4 is 5.32 Å². The lowest BCUT2D eigenvalue weighted by atomic mass is 10.2. The maximum absolute atomic E-state index is 14.1. The first-order valence-corrected chi connectivity index (χ1v) is 9.36. The number of nitrogens with zero attached hydrogens (tertiary/aromatic N) is 2. The summed E-state index contributed by atoms with van der Waals surface area (Å²) in [5, 5.41) is 2.59. The van der Waals surface area contributed by atoms with E-state index in [0.717, 1.165) is 30.7 Å². The Kier molecular flexibility index (Phi) is 4.82. The average molecular weight is 363 g/mol. The number of aryl methyl sites for hydroxylation is 1. The molecule has 25 heavy (non-hydrogen) atoms. The largest absolute Gasteiger partial charge is 0.307 e. The van der Waals surface area contributed by atoms with Crippen LogP contribution in [-0.2, 0) is 10.0 Å². The molecule has 2 aromatic rings. The number of halogens is 1. The minimum Gasteiger partial charge on any atom is -0.307 e. The van der Waals surface area contributed by atoms with Crippen LogP contribution in [0, 0.1) is 12.7 Å². The number of carbonyl (C=O) groups is 1. The van der Waals surface area contributed by atoms with Crippen molar-refractivity contribution in [2.45, 2.75) is 24.7 Å². The summed E-state index contributed by atoms with van der Waals surface area (Å²) in [4.78, 5) is 16.0. The Balaban J connectivity index is 1.89. The van der Waals surface area contributed by atoms with Gasteiger partial charge in [-0.1, -0.05) is 6.07 Å². The summed E-state index contributed by atoms with van der Waals surface area (Å²) in [7, 11) is -3.94. The first kappa shape index (κ1) is 17.5. The Morgan fingerprint density at radius 3 is 2.60 bits per heavy atom. The number of rotatable bonds is 4. The first-order valence-electron chi connectivity index (χ1n) is 7.92. The van der Waals surface area contributed by atoms with Crippen LogP contribution in [0.15, 0.2) is 41.3 Å². The molecule has 1 N–H and O–H groups in total. The number of nitrogens with one attached hydrogen (secondary N) is 1. The third-order valence-electron chi connectivity index (χ3n) is 4.01. The van der Waals surface area contributed by atoms with E-state index < -0.39 is 26.6 Å². The number of aromatic nitrogens is 1. The van der Waals surface area contributed by atoms with Crippen molar-refractivity contribution in [1.29, 1.82) is 0 Å². The number of sulfonamides is 1. The second-order valence-corrected chi connectivity index (χ2v) is 7.78. The fourth-order valence-corrected chi connectivity index (χ4v) is 4.32. The average Bonchev–Trinajstić information content (AvgIpc) is 3.10. The van der Waals surface area contributed by atoms with Crippen molar-refractivity contribution in [3.63, 3.8) is 0 Å². The molecule has 8 heteroatoms. The van der Waals surface area contributed by atoms with Crippen LogP contribution in [0.4, 0.5) is 10.2 Å². The number of carbonyl (C=O) groups excluding carboxylic acids is 1. The molecule has 2 heterocycles. The molecule has 3 rings (SSSR count). The number of pyridine rings is 1. The lowest BCUT2D eigenvalue weighted by Gasteiger charge is -2.16. The highest BCUT2D eigenvalue weighted by Gasteiger charge is 2.30. The molecule has 1 saturated heterocycles. The zero-order valence-electron chi connectivity index (χ0n) is 13.7. The lowest BCUT2D eigenvalue weighted by Crippen LogP contribution is -2.29. The molecule has 1 aromatic heterocycles. The van der Waals surface area contributed by atoms with Crippen LogP contribution in [-0.4, -0.2) is 36.7 Å². The molecule has 1 fully saturated rings. The van der Waals surface area contributed by atoms with Crippen LogP contribution in [0.1, 0.15) is 28.9 Å². The fraction of sp³-hybridized carbons (Fsp3) is 0.294. The molecule has 132 valence electrons. The predicted molar refractivity (Wildman–Crippen MR) is 91.3 cm³/mol. The molecule has 0 bridgehead atoms. The van der Waals surface area contributed by atoms with Gasteiger partial charge in [0, 0.05) is 24.3 Å². The summed E-state index contributed by atoms with van der Waals surface area (Å²) in [6.07, 6.45) is 1.50. The number of amides is 1. The van der Waals surface area contributed by atoms with Gasteiger partial charge in [0.25, 0.3) is 5.91 Å². The van der Waals surface area contributed by atoms with Crippen LogP contribution in [0.5, 0.6) is 0 Å². The van der Waals surface area contributed by atoms with Gasteiger partial charge in [0.15, 0.2) is 0 Å². The van der Waals surface area contributed by atoms with E-state index in [0.29, 0.717) is 18.9 Å². The molecule has 6 nitrogen and oxygen atoms in total. The SMILES string of the molecule is Cc1cccc(NC(=O)c2ccc(F)c(S(=O)(=O)N3CCCC3)c2)n1. The Hall–Kier alpha value is -2.32. The van der Waals surface area contributed by atoms with E-state index in [1.165, 1.54) is 10.4 Å². The molecule has 0 radical (unpaired) electrons. The second-order valence-electron chi connectivity index (χ2n) is 5.87. The highest BCUT2D eigenvalue weighted by Crippen LogP contribution is 2.24. The number of hydrogen-bond acceptors (Lipinski definition) is 4. The van der Waals surface area contributed by atoms with Gasteiger partial charge >= 0.3 is 0 Å². The Bertz CT molecular complexity index is 909. The van der Waals surface area contributed by atoms with Gasteiger partial charge in [0.05, 0.1) is 0 Å². The maximum atomic E-state index is 14.1. The van der Waals surface area contributed by atoms with Gasteiger partial charge < -0.3 is 5.32 Å². The normalized spacial score (nSPS) is 15.3. The molecule has 1 aromatic carbocycles. The predicted octanol–water partition coefficient (Wildman–Crippen LogP) is 2.57. The van der Waals surface area contributed by atoms with Crippen LogP contribution >= 0.6 is 0 Å². The van der Waals surface area contributed by atoms with E-state index in [9.17, 15) is 17.6 Å². The highest BCUT2D eigenvalue weighted by atomic mass is 32.2. The molecule has 1 aliphatic heterocycles. The van der Waals surface area contributed by atoms with E-state index in [1.54, 1.807) is 25.1 Å². The molecule has 1 aliphatic rings. The summed E-state index contributed by atoms with van der Waals surface area (Å²) in [6, 6.07) is 8.48. The van der Waals surface area contributed by atoms with E-state index in [2.05, 4.69) is 10.3 Å². The van der Waals surface area contributed by atoms with Crippen molar-refractivity contribution in [3.05, 3.63) is 53.5 Å². The molecule has 0 saturated carbocycles. The summed E-state index contributed by atoms with van der Waals surface area (Å²) in [6.45, 7) is 2.52. The van der Waals surface area contributed by atoms with Crippen LogP contribution in [0.25, 0.3) is 0 Å². The van der Waals surface area contributed by atoms with Crippen LogP contribution in [0.2, 0.25) is 0 Å². The molecule has 0 aliphatic carbocycles. The summed E-state index contributed by atoms with van der Waals surface area (Å²) < 4.78 is 40.5. The molecular weight excluding hydrogens is 345 g/mol. The van der Waals surface area contributed by atoms with Gasteiger partial charge in [0.1, 0.15) is 16.5 Å². The number of anilines is 1. The minimum atomic E-state index is -3.94. The second kappa shape index (κ2) is 6.89. The van der Waals surface area contributed by atoms with Gasteiger partial charge in [-0.3, -0.25) is 4.79 Å². The van der Waals surface area contributed by atoms with Crippen molar-refractivity contribution < 1.29 is 17.6 Å². The summed E-state index contributed by atoms with van der Waals surface area (Å²) in [5.41, 5.74) is 0.789. The van der Waals surface area contributed by atoms with Crippen molar-refractivity contribution >= 4 is 21.7 Å². The topological polar surface area (TPSA) is 79.4 Å². The number of hydrogen-bond donors (Lipinski definition) is 1. The molecule has 0 atom stereocenters. The summed E-state index contributed by atoms with van der Waals surface area (Å²) in [5.74, 6) is -1.06. The van der Waals surface area contributed by atoms with Gasteiger partial charge in [-0.2, -0.15) is 4.31 Å². The zero-order chi connectivity index (χ0) is 18.0. The lowest BCUT2D eigenvalue weighted by molar-refractivity contribution is 0.102. The van der Waals surface area contributed by atoms with E-state index in [1.807, 2.05) is 0 Å². The third kappa shape index (κ3) is 3.69. The minimum absolute atomic E-state index is 0.0579. The van der Waals surface area contributed by atoms with Gasteiger partial charge in [-0.15, -0.1) is 0 Å². The van der Waals surface area contributed by atoms with Crippen molar-refractivity contribution in [1.82, 2.24) is 9.29 Å². The standard InChI is InChI=1S/C17H18FN3O3S/c1-12-5-4-6-16(19-12)20-17(22)13-7-8-14(18)15(11-13)25(23,24)21-9-2-3-10-21/h4-8,11H,2-3,9-10H2,1H3,(H,19,20,22). The van der Waals surface area contributed by atoms with Gasteiger partial charge in [-0.25, -0.2) is 17.8 Å². The molecule has 1 amide bonds. The van der Waals surface area contributed by atoms with E-state index >= 15 is 0 Å². The van der Waals surface area contributed by atoms with Gasteiger partial charge in [0.2, 0.25) is 10.0 Å².